The van der Waals surface area contributed by atoms with E-state index in [0.717, 1.165) is 5.92 Å². The van der Waals surface area contributed by atoms with E-state index < -0.39 is 0 Å². The molecule has 3 heteroatoms. The number of hydrogen-bond acceptors (Lipinski definition) is 2. The number of fused-ring (bicyclic) bond motifs is 2. The van der Waals surface area contributed by atoms with Gasteiger partial charge in [0.15, 0.2) is 0 Å². The van der Waals surface area contributed by atoms with Crippen LogP contribution in [0.2, 0.25) is 0 Å². The van der Waals surface area contributed by atoms with E-state index in [-0.39, 0.29) is 11.3 Å². The second kappa shape index (κ2) is 3.96. The minimum absolute atomic E-state index is 0.189. The predicted molar refractivity (Wildman–Crippen MR) is 72.2 cm³/mol. The summed E-state index contributed by atoms with van der Waals surface area (Å²) in [5, 5.41) is 6.62. The van der Waals surface area contributed by atoms with E-state index in [4.69, 9.17) is 0 Å². The first-order chi connectivity index (χ1) is 8.42. The number of rotatable bonds is 4. The van der Waals surface area contributed by atoms with E-state index in [1.807, 2.05) is 0 Å². The lowest BCUT2D eigenvalue weighted by atomic mass is 9.68. The van der Waals surface area contributed by atoms with Gasteiger partial charge in [-0.15, -0.1) is 0 Å². The highest BCUT2D eigenvalue weighted by atomic mass is 16.2. The normalized spacial score (nSPS) is 41.1. The minimum Gasteiger partial charge on any atom is -0.351 e. The van der Waals surface area contributed by atoms with Crippen LogP contribution in [0.5, 0.6) is 0 Å². The molecule has 3 rings (SSSR count). The quantitative estimate of drug-likeness (QED) is 0.802. The van der Waals surface area contributed by atoms with Gasteiger partial charge in [0.2, 0.25) is 5.91 Å². The fraction of sp³-hybridized carbons (Fsp3) is 0.933. The van der Waals surface area contributed by atoms with Crippen molar-refractivity contribution in [3.05, 3.63) is 0 Å². The lowest BCUT2D eigenvalue weighted by Gasteiger charge is -2.43. The Hall–Kier alpha value is -0.570. The van der Waals surface area contributed by atoms with Crippen LogP contribution in [0.25, 0.3) is 0 Å². The van der Waals surface area contributed by atoms with Crippen molar-refractivity contribution in [2.24, 2.45) is 16.7 Å². The molecule has 3 aliphatic carbocycles. The van der Waals surface area contributed by atoms with E-state index >= 15 is 0 Å². The Bertz CT molecular complexity index is 357. The third-order valence-electron chi connectivity index (χ3n) is 5.70. The van der Waals surface area contributed by atoms with E-state index in [2.05, 4.69) is 31.4 Å². The van der Waals surface area contributed by atoms with E-state index in [0.29, 0.717) is 24.0 Å². The van der Waals surface area contributed by atoms with Crippen LogP contribution >= 0.6 is 0 Å². The first-order valence-corrected chi connectivity index (χ1v) is 7.44. The van der Waals surface area contributed by atoms with Gasteiger partial charge < -0.3 is 10.6 Å². The zero-order chi connectivity index (χ0) is 13.0. The SMILES string of the molecule is CC12CCC(C1)C(C)(C)C2NC(=O)CNC1CC1. The van der Waals surface area contributed by atoms with Crippen LogP contribution in [0.3, 0.4) is 0 Å². The zero-order valence-corrected chi connectivity index (χ0v) is 11.9. The maximum Gasteiger partial charge on any atom is 0.234 e. The number of hydrogen-bond donors (Lipinski definition) is 2. The number of carbonyl (C=O) groups excluding carboxylic acids is 1. The van der Waals surface area contributed by atoms with Crippen LogP contribution in [-0.2, 0) is 4.79 Å². The van der Waals surface area contributed by atoms with Crippen molar-refractivity contribution in [3.8, 4) is 0 Å². The zero-order valence-electron chi connectivity index (χ0n) is 11.9. The molecule has 3 unspecified atom stereocenters. The van der Waals surface area contributed by atoms with Gasteiger partial charge in [-0.1, -0.05) is 20.8 Å². The van der Waals surface area contributed by atoms with E-state index in [9.17, 15) is 4.79 Å². The highest BCUT2D eigenvalue weighted by molar-refractivity contribution is 5.78. The Morgan fingerprint density at radius 1 is 1.22 bits per heavy atom. The molecule has 0 heterocycles. The fourth-order valence-corrected chi connectivity index (χ4v) is 4.40. The summed E-state index contributed by atoms with van der Waals surface area (Å²) >= 11 is 0. The molecule has 18 heavy (non-hydrogen) atoms. The predicted octanol–water partition coefficient (Wildman–Crippen LogP) is 2.07. The van der Waals surface area contributed by atoms with Gasteiger partial charge >= 0.3 is 0 Å². The molecule has 0 radical (unpaired) electrons. The van der Waals surface area contributed by atoms with Crippen molar-refractivity contribution >= 4 is 5.91 Å². The van der Waals surface area contributed by atoms with Crippen molar-refractivity contribution in [1.29, 1.82) is 0 Å². The van der Waals surface area contributed by atoms with Crippen LogP contribution in [0.15, 0.2) is 0 Å². The second-order valence-corrected chi connectivity index (χ2v) is 7.57. The summed E-state index contributed by atoms with van der Waals surface area (Å²) < 4.78 is 0. The van der Waals surface area contributed by atoms with Crippen molar-refractivity contribution in [2.75, 3.05) is 6.54 Å². The van der Waals surface area contributed by atoms with Gasteiger partial charge in [0, 0.05) is 12.1 Å². The molecule has 0 aromatic rings. The summed E-state index contributed by atoms with van der Waals surface area (Å²) in [6, 6.07) is 0.969. The van der Waals surface area contributed by atoms with Gasteiger partial charge in [-0.05, 0) is 48.9 Å². The van der Waals surface area contributed by atoms with Gasteiger partial charge in [-0.3, -0.25) is 4.79 Å². The van der Waals surface area contributed by atoms with Gasteiger partial charge in [-0.2, -0.15) is 0 Å². The Labute approximate surface area is 110 Å². The molecular weight excluding hydrogens is 224 g/mol. The number of amides is 1. The summed E-state index contributed by atoms with van der Waals surface area (Å²) in [5.74, 6) is 0.984. The molecule has 0 aromatic heterocycles. The third-order valence-corrected chi connectivity index (χ3v) is 5.70. The topological polar surface area (TPSA) is 41.1 Å². The summed E-state index contributed by atoms with van der Waals surface area (Å²) in [5.41, 5.74) is 0.603. The maximum absolute atomic E-state index is 12.1. The number of carbonyl (C=O) groups is 1. The highest BCUT2D eigenvalue weighted by Crippen LogP contribution is 2.62. The van der Waals surface area contributed by atoms with Crippen LogP contribution in [0.1, 0.15) is 52.9 Å². The van der Waals surface area contributed by atoms with Gasteiger partial charge in [0.1, 0.15) is 0 Å². The van der Waals surface area contributed by atoms with Gasteiger partial charge in [-0.25, -0.2) is 0 Å². The molecule has 3 nitrogen and oxygen atoms in total. The summed E-state index contributed by atoms with van der Waals surface area (Å²) in [6.07, 6.45) is 6.39. The van der Waals surface area contributed by atoms with Crippen molar-refractivity contribution in [3.63, 3.8) is 0 Å². The number of nitrogens with one attached hydrogen (secondary N) is 2. The molecule has 0 aromatic carbocycles. The molecule has 2 bridgehead atoms. The molecule has 102 valence electrons. The minimum atomic E-state index is 0.189. The van der Waals surface area contributed by atoms with Gasteiger partial charge in [0.25, 0.3) is 0 Å². The average Bonchev–Trinajstić information content (AvgIpc) is 3.00. The van der Waals surface area contributed by atoms with Crippen molar-refractivity contribution in [1.82, 2.24) is 10.6 Å². The third kappa shape index (κ3) is 1.97. The Balaban J connectivity index is 1.62. The first kappa shape index (κ1) is 12.5. The van der Waals surface area contributed by atoms with Crippen LogP contribution in [0, 0.1) is 16.7 Å². The second-order valence-electron chi connectivity index (χ2n) is 7.57. The highest BCUT2D eigenvalue weighted by Gasteiger charge is 2.59. The summed E-state index contributed by atoms with van der Waals surface area (Å²) in [6.45, 7) is 7.53. The molecule has 3 aliphatic rings. The van der Waals surface area contributed by atoms with Crippen LogP contribution in [0.4, 0.5) is 0 Å². The average molecular weight is 250 g/mol. The van der Waals surface area contributed by atoms with Gasteiger partial charge in [0.05, 0.1) is 6.54 Å². The van der Waals surface area contributed by atoms with Crippen LogP contribution in [-0.4, -0.2) is 24.5 Å². The molecular formula is C15H26N2O. The van der Waals surface area contributed by atoms with E-state index in [1.165, 1.54) is 32.1 Å². The Morgan fingerprint density at radius 2 is 1.94 bits per heavy atom. The molecule has 3 atom stereocenters. The molecule has 2 N–H and O–H groups in total. The standard InChI is InChI=1S/C15H26N2O/c1-14(2)10-6-7-15(3,8-10)13(14)17-12(18)9-16-11-4-5-11/h10-11,13,16H,4-9H2,1-3H3,(H,17,18). The largest absolute Gasteiger partial charge is 0.351 e. The van der Waals surface area contributed by atoms with Crippen molar-refractivity contribution in [2.45, 2.75) is 65.0 Å². The first-order valence-electron chi connectivity index (χ1n) is 7.44. The Kier molecular flexibility index (Phi) is 2.74. The summed E-state index contributed by atoms with van der Waals surface area (Å²) in [7, 11) is 0. The molecule has 0 spiro atoms. The van der Waals surface area contributed by atoms with E-state index in [1.54, 1.807) is 0 Å². The fourth-order valence-electron chi connectivity index (χ4n) is 4.40. The molecule has 0 saturated heterocycles. The Morgan fingerprint density at radius 3 is 2.50 bits per heavy atom. The monoisotopic (exact) mass is 250 g/mol. The molecule has 3 fully saturated rings. The van der Waals surface area contributed by atoms with Crippen molar-refractivity contribution < 1.29 is 4.79 Å². The summed E-state index contributed by atoms with van der Waals surface area (Å²) in [4.78, 5) is 12.1. The maximum atomic E-state index is 12.1. The lowest BCUT2D eigenvalue weighted by Crippen LogP contribution is -2.54. The molecule has 0 aliphatic heterocycles. The molecule has 3 saturated carbocycles. The molecule has 1 amide bonds. The van der Waals surface area contributed by atoms with Crippen LogP contribution < -0.4 is 10.6 Å². The smallest absolute Gasteiger partial charge is 0.234 e. The lowest BCUT2D eigenvalue weighted by molar-refractivity contribution is -0.123.